The Labute approximate surface area is 148 Å². The highest BCUT2D eigenvalue weighted by molar-refractivity contribution is 9.10. The molecule has 1 atom stereocenters. The summed E-state index contributed by atoms with van der Waals surface area (Å²) in [5, 5.41) is 9.10. The molecule has 2 aromatic rings. The van der Waals surface area contributed by atoms with E-state index in [0.29, 0.717) is 10.4 Å². The van der Waals surface area contributed by atoms with Crippen LogP contribution in [0.4, 0.5) is 4.39 Å². The number of hydrogen-bond donors (Lipinski definition) is 1. The number of aliphatic carboxylic acids is 1. The number of hydrogen-bond acceptors (Lipinski definition) is 2. The van der Waals surface area contributed by atoms with Gasteiger partial charge in [0.15, 0.2) is 11.6 Å². The Morgan fingerprint density at radius 2 is 2.00 bits per heavy atom. The van der Waals surface area contributed by atoms with Crippen molar-refractivity contribution < 1.29 is 19.0 Å². The van der Waals surface area contributed by atoms with Crippen molar-refractivity contribution in [3.63, 3.8) is 0 Å². The Morgan fingerprint density at radius 1 is 1.29 bits per heavy atom. The second-order valence-electron chi connectivity index (χ2n) is 6.13. The molecule has 0 amide bonds. The molecule has 1 unspecified atom stereocenters. The number of carboxylic acid groups (broad SMARTS) is 1. The first-order valence-corrected chi connectivity index (χ1v) is 8.71. The van der Waals surface area contributed by atoms with Crippen molar-refractivity contribution in [3.05, 3.63) is 63.9 Å². The number of rotatable bonds is 7. The average molecular weight is 393 g/mol. The molecule has 1 fully saturated rings. The predicted octanol–water partition coefficient (Wildman–Crippen LogP) is 5.14. The van der Waals surface area contributed by atoms with Gasteiger partial charge in [0.1, 0.15) is 6.61 Å². The first-order valence-electron chi connectivity index (χ1n) is 7.92. The van der Waals surface area contributed by atoms with Gasteiger partial charge in [0, 0.05) is 0 Å². The molecule has 0 heterocycles. The maximum absolute atomic E-state index is 14.5. The molecule has 0 aliphatic heterocycles. The molecule has 126 valence electrons. The molecule has 1 N–H and O–H groups in total. The first kappa shape index (κ1) is 17.0. The molecular weight excluding hydrogens is 375 g/mol. The maximum atomic E-state index is 14.5. The van der Waals surface area contributed by atoms with Crippen molar-refractivity contribution >= 4 is 21.9 Å². The quantitative estimate of drug-likeness (QED) is 0.709. The fourth-order valence-corrected chi connectivity index (χ4v) is 3.47. The Morgan fingerprint density at radius 3 is 2.58 bits per heavy atom. The van der Waals surface area contributed by atoms with E-state index in [1.165, 1.54) is 6.07 Å². The molecule has 2 aromatic carbocycles. The van der Waals surface area contributed by atoms with Crippen LogP contribution in [0.2, 0.25) is 0 Å². The number of carboxylic acids is 1. The van der Waals surface area contributed by atoms with Crippen LogP contribution in [0.5, 0.6) is 5.75 Å². The first-order chi connectivity index (χ1) is 11.5. The highest BCUT2D eigenvalue weighted by atomic mass is 79.9. The Kier molecular flexibility index (Phi) is 5.19. The van der Waals surface area contributed by atoms with E-state index < -0.39 is 11.8 Å². The Bertz CT molecular complexity index is 706. The van der Waals surface area contributed by atoms with E-state index in [9.17, 15) is 9.18 Å². The molecule has 0 saturated heterocycles. The van der Waals surface area contributed by atoms with Crippen molar-refractivity contribution in [1.82, 2.24) is 0 Å². The molecule has 24 heavy (non-hydrogen) atoms. The fourth-order valence-electron chi connectivity index (χ4n) is 2.90. The maximum Gasteiger partial charge on any atom is 0.303 e. The van der Waals surface area contributed by atoms with E-state index in [2.05, 4.69) is 15.9 Å². The standard InChI is InChI=1S/C19H18BrFO3/c20-16-8-14(15(10-18(22)23)13-6-7-13)9-17(21)19(16)24-11-12-4-2-1-3-5-12/h1-5,8-9,13,15H,6-7,10-11H2,(H,22,23). The fraction of sp³-hybridized carbons (Fsp3) is 0.316. The molecule has 0 bridgehead atoms. The third-order valence-electron chi connectivity index (χ3n) is 4.26. The number of benzene rings is 2. The molecule has 1 saturated carbocycles. The van der Waals surface area contributed by atoms with Gasteiger partial charge in [0.2, 0.25) is 0 Å². The molecule has 1 aliphatic rings. The molecule has 0 spiro atoms. The van der Waals surface area contributed by atoms with Gasteiger partial charge < -0.3 is 9.84 Å². The largest absolute Gasteiger partial charge is 0.485 e. The Balaban J connectivity index is 1.78. The lowest BCUT2D eigenvalue weighted by Crippen LogP contribution is -2.09. The van der Waals surface area contributed by atoms with Crippen LogP contribution in [0.15, 0.2) is 46.9 Å². The van der Waals surface area contributed by atoms with Crippen LogP contribution in [-0.2, 0) is 11.4 Å². The average Bonchev–Trinajstić information content (AvgIpc) is 3.37. The third-order valence-corrected chi connectivity index (χ3v) is 4.85. The SMILES string of the molecule is O=C(O)CC(c1cc(F)c(OCc2ccccc2)c(Br)c1)C1CC1. The normalized spacial score (nSPS) is 15.1. The van der Waals surface area contributed by atoms with Crippen LogP contribution in [0.3, 0.4) is 0 Å². The number of halogens is 2. The number of ether oxygens (including phenoxy) is 1. The molecule has 0 aromatic heterocycles. The molecule has 3 nitrogen and oxygen atoms in total. The minimum absolute atomic E-state index is 0.0285. The molecule has 1 aliphatic carbocycles. The summed E-state index contributed by atoms with van der Waals surface area (Å²) in [5.74, 6) is -0.966. The van der Waals surface area contributed by atoms with Crippen LogP contribution in [0.1, 0.15) is 36.3 Å². The van der Waals surface area contributed by atoms with E-state index in [1.807, 2.05) is 30.3 Å². The van der Waals surface area contributed by atoms with Gasteiger partial charge in [-0.05, 0) is 63.9 Å². The zero-order valence-electron chi connectivity index (χ0n) is 13.0. The zero-order valence-corrected chi connectivity index (χ0v) is 14.6. The summed E-state index contributed by atoms with van der Waals surface area (Å²) in [4.78, 5) is 11.1. The summed E-state index contributed by atoms with van der Waals surface area (Å²) in [6, 6.07) is 12.7. The smallest absolute Gasteiger partial charge is 0.303 e. The summed E-state index contributed by atoms with van der Waals surface area (Å²) >= 11 is 3.36. The highest BCUT2D eigenvalue weighted by Gasteiger charge is 2.34. The van der Waals surface area contributed by atoms with Crippen LogP contribution in [-0.4, -0.2) is 11.1 Å². The van der Waals surface area contributed by atoms with Gasteiger partial charge in [-0.3, -0.25) is 4.79 Å². The predicted molar refractivity (Wildman–Crippen MR) is 92.6 cm³/mol. The lowest BCUT2D eigenvalue weighted by molar-refractivity contribution is -0.137. The molecule has 0 radical (unpaired) electrons. The molecule has 5 heteroatoms. The second kappa shape index (κ2) is 7.34. The topological polar surface area (TPSA) is 46.5 Å². The van der Waals surface area contributed by atoms with Gasteiger partial charge in [-0.1, -0.05) is 30.3 Å². The van der Waals surface area contributed by atoms with Crippen LogP contribution in [0.25, 0.3) is 0 Å². The van der Waals surface area contributed by atoms with Crippen molar-refractivity contribution in [2.75, 3.05) is 0 Å². The van der Waals surface area contributed by atoms with E-state index >= 15 is 0 Å². The van der Waals surface area contributed by atoms with Gasteiger partial charge in [0.05, 0.1) is 10.9 Å². The van der Waals surface area contributed by atoms with E-state index in [-0.39, 0.29) is 24.7 Å². The van der Waals surface area contributed by atoms with E-state index in [1.54, 1.807) is 6.07 Å². The zero-order chi connectivity index (χ0) is 17.1. The van der Waals surface area contributed by atoms with Gasteiger partial charge >= 0.3 is 5.97 Å². The minimum Gasteiger partial charge on any atom is -0.485 e. The van der Waals surface area contributed by atoms with Crippen molar-refractivity contribution in [2.45, 2.75) is 31.8 Å². The van der Waals surface area contributed by atoms with Gasteiger partial charge in [-0.15, -0.1) is 0 Å². The lowest BCUT2D eigenvalue weighted by atomic mass is 9.91. The molecular formula is C19H18BrFO3. The lowest BCUT2D eigenvalue weighted by Gasteiger charge is -2.17. The van der Waals surface area contributed by atoms with E-state index in [4.69, 9.17) is 9.84 Å². The van der Waals surface area contributed by atoms with Gasteiger partial charge in [0.25, 0.3) is 0 Å². The van der Waals surface area contributed by atoms with Crippen molar-refractivity contribution in [2.24, 2.45) is 5.92 Å². The van der Waals surface area contributed by atoms with Gasteiger partial charge in [-0.25, -0.2) is 4.39 Å². The van der Waals surface area contributed by atoms with Crippen LogP contribution < -0.4 is 4.74 Å². The third kappa shape index (κ3) is 4.15. The molecule has 3 rings (SSSR count). The summed E-state index contributed by atoms with van der Waals surface area (Å²) in [6.45, 7) is 0.275. The summed E-state index contributed by atoms with van der Waals surface area (Å²) < 4.78 is 20.6. The van der Waals surface area contributed by atoms with E-state index in [0.717, 1.165) is 24.0 Å². The van der Waals surface area contributed by atoms with Crippen molar-refractivity contribution in [3.8, 4) is 5.75 Å². The second-order valence-corrected chi connectivity index (χ2v) is 6.98. The summed E-state index contributed by atoms with van der Waals surface area (Å²) in [5.41, 5.74) is 1.67. The van der Waals surface area contributed by atoms with Crippen molar-refractivity contribution in [1.29, 1.82) is 0 Å². The van der Waals surface area contributed by atoms with Crippen LogP contribution >= 0.6 is 15.9 Å². The van der Waals surface area contributed by atoms with Gasteiger partial charge in [-0.2, -0.15) is 0 Å². The summed E-state index contributed by atoms with van der Waals surface area (Å²) in [6.07, 6.45) is 2.04. The van der Waals surface area contributed by atoms with Crippen LogP contribution in [0, 0.1) is 11.7 Å². The Hall–Kier alpha value is -1.88. The monoisotopic (exact) mass is 392 g/mol. The number of carbonyl (C=O) groups is 1. The summed E-state index contributed by atoms with van der Waals surface area (Å²) in [7, 11) is 0. The minimum atomic E-state index is -0.854. The highest BCUT2D eigenvalue weighted by Crippen LogP contribution is 2.46.